The van der Waals surface area contributed by atoms with Crippen molar-refractivity contribution in [1.82, 2.24) is 0 Å². The van der Waals surface area contributed by atoms with E-state index in [1.165, 1.54) is 6.07 Å². The Balaban J connectivity index is 2.25. The molecule has 0 amide bonds. The molecule has 19 heavy (non-hydrogen) atoms. The van der Waals surface area contributed by atoms with Crippen molar-refractivity contribution in [1.29, 1.82) is 0 Å². The Labute approximate surface area is 122 Å². The summed E-state index contributed by atoms with van der Waals surface area (Å²) in [5, 5.41) is 0. The first-order chi connectivity index (χ1) is 8.97. The summed E-state index contributed by atoms with van der Waals surface area (Å²) in [5.74, 6) is 0.0121. The maximum Gasteiger partial charge on any atom is 0.137 e. The first-order valence-electron chi connectivity index (χ1n) is 5.66. The molecule has 0 fully saturated rings. The van der Waals surface area contributed by atoms with Gasteiger partial charge in [-0.3, -0.25) is 4.21 Å². The van der Waals surface area contributed by atoms with E-state index in [4.69, 9.17) is 5.73 Å². The molecule has 1 unspecified atom stereocenters. The van der Waals surface area contributed by atoms with E-state index in [9.17, 15) is 8.60 Å². The topological polar surface area (TPSA) is 43.1 Å². The van der Waals surface area contributed by atoms with Crippen LogP contribution in [0.5, 0.6) is 0 Å². The van der Waals surface area contributed by atoms with E-state index in [2.05, 4.69) is 15.9 Å². The minimum atomic E-state index is -1.19. The fraction of sp³-hybridized carbons (Fsp3) is 0.143. The Morgan fingerprint density at radius 1 is 1.26 bits per heavy atom. The predicted molar refractivity (Wildman–Crippen MR) is 79.8 cm³/mol. The first kappa shape index (κ1) is 14.2. The number of hydrogen-bond acceptors (Lipinski definition) is 2. The minimum absolute atomic E-state index is 0.324. The summed E-state index contributed by atoms with van der Waals surface area (Å²) in [6.07, 6.45) is 0. The van der Waals surface area contributed by atoms with Crippen LogP contribution in [0.15, 0.2) is 45.8 Å². The predicted octanol–water partition coefficient (Wildman–Crippen LogP) is 3.79. The molecule has 5 heteroatoms. The lowest BCUT2D eigenvalue weighted by molar-refractivity contribution is 0.620. The van der Waals surface area contributed by atoms with Crippen LogP contribution in [0.25, 0.3) is 0 Å². The molecule has 1 atom stereocenters. The highest BCUT2D eigenvalue weighted by atomic mass is 79.9. The first-order valence-corrected chi connectivity index (χ1v) is 7.77. The largest absolute Gasteiger partial charge is 0.399 e. The molecule has 0 aliphatic heterocycles. The maximum atomic E-state index is 13.1. The Morgan fingerprint density at radius 3 is 2.68 bits per heavy atom. The third kappa shape index (κ3) is 3.42. The summed E-state index contributed by atoms with van der Waals surface area (Å²) in [4.78, 5) is 0.723. The van der Waals surface area contributed by atoms with Crippen molar-refractivity contribution in [3.8, 4) is 0 Å². The third-order valence-corrected chi connectivity index (χ3v) is 4.87. The number of nitrogens with two attached hydrogens (primary N) is 1. The van der Waals surface area contributed by atoms with Crippen LogP contribution in [0.2, 0.25) is 0 Å². The van der Waals surface area contributed by atoms with E-state index in [0.717, 1.165) is 16.0 Å². The highest BCUT2D eigenvalue weighted by Gasteiger charge is 2.10. The Morgan fingerprint density at radius 2 is 2.00 bits per heavy atom. The molecule has 2 aromatic carbocycles. The molecule has 0 aliphatic carbocycles. The lowest BCUT2D eigenvalue weighted by atomic mass is 10.2. The van der Waals surface area contributed by atoms with Crippen LogP contribution in [0.4, 0.5) is 10.1 Å². The van der Waals surface area contributed by atoms with Gasteiger partial charge in [-0.05, 0) is 58.2 Å². The molecule has 2 aromatic rings. The molecule has 100 valence electrons. The summed E-state index contributed by atoms with van der Waals surface area (Å²) >= 11 is 3.12. The monoisotopic (exact) mass is 341 g/mol. The van der Waals surface area contributed by atoms with E-state index in [-0.39, 0.29) is 5.82 Å². The van der Waals surface area contributed by atoms with Gasteiger partial charge < -0.3 is 5.73 Å². The smallest absolute Gasteiger partial charge is 0.137 e. The minimum Gasteiger partial charge on any atom is -0.399 e. The number of nitrogen functional groups attached to an aromatic ring is 1. The van der Waals surface area contributed by atoms with Crippen molar-refractivity contribution in [2.24, 2.45) is 0 Å². The van der Waals surface area contributed by atoms with Gasteiger partial charge in [0.15, 0.2) is 0 Å². The third-order valence-electron chi connectivity index (χ3n) is 2.74. The standard InChI is InChI=1S/C14H13BrFNOS/c1-9-2-4-11(17)7-14(9)19(18)8-10-3-5-13(16)12(15)6-10/h2-7H,8,17H2,1H3. The lowest BCUT2D eigenvalue weighted by Gasteiger charge is -2.08. The van der Waals surface area contributed by atoms with Gasteiger partial charge in [0.1, 0.15) is 5.82 Å². The van der Waals surface area contributed by atoms with Gasteiger partial charge >= 0.3 is 0 Å². The van der Waals surface area contributed by atoms with E-state index >= 15 is 0 Å². The summed E-state index contributed by atoms with van der Waals surface area (Å²) in [6, 6.07) is 10.0. The van der Waals surface area contributed by atoms with E-state index in [1.54, 1.807) is 24.3 Å². The van der Waals surface area contributed by atoms with Crippen LogP contribution in [-0.4, -0.2) is 4.21 Å². The molecule has 0 aromatic heterocycles. The van der Waals surface area contributed by atoms with Crippen molar-refractivity contribution >= 4 is 32.4 Å². The number of aryl methyl sites for hydroxylation is 1. The Kier molecular flexibility index (Phi) is 4.37. The average Bonchev–Trinajstić information content (AvgIpc) is 2.36. The Bertz CT molecular complexity index is 645. The lowest BCUT2D eigenvalue weighted by Crippen LogP contribution is -2.00. The highest BCUT2D eigenvalue weighted by molar-refractivity contribution is 9.10. The van der Waals surface area contributed by atoms with Gasteiger partial charge in [0, 0.05) is 10.6 Å². The number of anilines is 1. The number of rotatable bonds is 3. The van der Waals surface area contributed by atoms with E-state index in [1.807, 2.05) is 13.0 Å². The highest BCUT2D eigenvalue weighted by Crippen LogP contribution is 2.22. The second kappa shape index (κ2) is 5.84. The summed E-state index contributed by atoms with van der Waals surface area (Å²) in [5.41, 5.74) is 8.05. The molecule has 2 N–H and O–H groups in total. The fourth-order valence-electron chi connectivity index (χ4n) is 1.72. The molecule has 2 nitrogen and oxygen atoms in total. The van der Waals surface area contributed by atoms with Gasteiger partial charge in [0.25, 0.3) is 0 Å². The van der Waals surface area contributed by atoms with Gasteiger partial charge in [0.2, 0.25) is 0 Å². The van der Waals surface area contributed by atoms with Gasteiger partial charge in [-0.1, -0.05) is 12.1 Å². The average molecular weight is 342 g/mol. The number of benzene rings is 2. The Hall–Kier alpha value is -1.20. The van der Waals surface area contributed by atoms with Crippen LogP contribution in [0, 0.1) is 12.7 Å². The molecule has 0 bridgehead atoms. The van der Waals surface area contributed by atoms with Crippen molar-refractivity contribution in [3.05, 3.63) is 57.8 Å². The second-order valence-electron chi connectivity index (χ2n) is 4.26. The molecular formula is C14H13BrFNOS. The number of hydrogen-bond donors (Lipinski definition) is 1. The van der Waals surface area contributed by atoms with E-state index in [0.29, 0.717) is 15.9 Å². The van der Waals surface area contributed by atoms with Crippen molar-refractivity contribution in [2.75, 3.05) is 5.73 Å². The molecule has 0 saturated carbocycles. The van der Waals surface area contributed by atoms with Crippen LogP contribution < -0.4 is 5.73 Å². The summed E-state index contributed by atoms with van der Waals surface area (Å²) < 4.78 is 25.8. The zero-order chi connectivity index (χ0) is 14.0. The van der Waals surface area contributed by atoms with Crippen LogP contribution in [0.1, 0.15) is 11.1 Å². The molecule has 0 saturated heterocycles. The van der Waals surface area contributed by atoms with Crippen LogP contribution in [-0.2, 0) is 16.6 Å². The maximum absolute atomic E-state index is 13.1. The van der Waals surface area contributed by atoms with E-state index < -0.39 is 10.8 Å². The van der Waals surface area contributed by atoms with Crippen molar-refractivity contribution in [2.45, 2.75) is 17.6 Å². The quantitative estimate of drug-likeness (QED) is 0.863. The molecule has 0 radical (unpaired) electrons. The van der Waals surface area contributed by atoms with Gasteiger partial charge in [-0.25, -0.2) is 4.39 Å². The van der Waals surface area contributed by atoms with Gasteiger partial charge in [0.05, 0.1) is 21.0 Å². The second-order valence-corrected chi connectivity index (χ2v) is 6.54. The molecule has 0 heterocycles. The molecular weight excluding hydrogens is 329 g/mol. The SMILES string of the molecule is Cc1ccc(N)cc1S(=O)Cc1ccc(F)c(Br)c1. The fourth-order valence-corrected chi connectivity index (χ4v) is 3.48. The zero-order valence-corrected chi connectivity index (χ0v) is 12.7. The molecule has 2 rings (SSSR count). The van der Waals surface area contributed by atoms with Crippen molar-refractivity contribution in [3.63, 3.8) is 0 Å². The summed E-state index contributed by atoms with van der Waals surface area (Å²) in [6.45, 7) is 1.90. The molecule has 0 spiro atoms. The summed E-state index contributed by atoms with van der Waals surface area (Å²) in [7, 11) is -1.19. The normalized spacial score (nSPS) is 12.4. The van der Waals surface area contributed by atoms with Crippen molar-refractivity contribution < 1.29 is 8.60 Å². The van der Waals surface area contributed by atoms with Gasteiger partial charge in [-0.15, -0.1) is 0 Å². The molecule has 0 aliphatic rings. The zero-order valence-electron chi connectivity index (χ0n) is 10.3. The van der Waals surface area contributed by atoms with Gasteiger partial charge in [-0.2, -0.15) is 0 Å². The van der Waals surface area contributed by atoms with Crippen LogP contribution >= 0.6 is 15.9 Å². The number of halogens is 2. The van der Waals surface area contributed by atoms with Crippen LogP contribution in [0.3, 0.4) is 0 Å².